The standard InChI is InChI=1S/C15H21N3/c1-2-7-15-14(6-1)12(10-18-15)4-3-5-13-11-16-8-9-17-13/h1-2,6-7,10,13,16-18H,3-5,8-9,11H2. The summed E-state index contributed by atoms with van der Waals surface area (Å²) in [5.41, 5.74) is 2.71. The largest absolute Gasteiger partial charge is 0.361 e. The van der Waals surface area contributed by atoms with Crippen LogP contribution in [-0.4, -0.2) is 30.7 Å². The Morgan fingerprint density at radius 3 is 3.00 bits per heavy atom. The Bertz CT molecular complexity index is 497. The molecule has 1 saturated heterocycles. The first-order chi connectivity index (χ1) is 8.93. The Kier molecular flexibility index (Phi) is 3.62. The van der Waals surface area contributed by atoms with Crippen LogP contribution in [0.2, 0.25) is 0 Å². The summed E-state index contributed by atoms with van der Waals surface area (Å²) in [6.07, 6.45) is 5.84. The van der Waals surface area contributed by atoms with E-state index in [1.165, 1.54) is 35.7 Å². The summed E-state index contributed by atoms with van der Waals surface area (Å²) in [7, 11) is 0. The molecule has 1 aliphatic rings. The van der Waals surface area contributed by atoms with Crippen molar-refractivity contribution in [2.75, 3.05) is 19.6 Å². The zero-order valence-corrected chi connectivity index (χ0v) is 10.7. The Hall–Kier alpha value is -1.32. The number of piperazine rings is 1. The summed E-state index contributed by atoms with van der Waals surface area (Å²) in [6, 6.07) is 9.21. The van der Waals surface area contributed by atoms with E-state index in [0.717, 1.165) is 19.6 Å². The second kappa shape index (κ2) is 5.55. The molecule has 1 aromatic carbocycles. The van der Waals surface area contributed by atoms with Crippen molar-refractivity contribution in [2.45, 2.75) is 25.3 Å². The maximum absolute atomic E-state index is 3.57. The normalized spacial score (nSPS) is 20.3. The van der Waals surface area contributed by atoms with Crippen LogP contribution in [0.5, 0.6) is 0 Å². The van der Waals surface area contributed by atoms with Gasteiger partial charge in [0.1, 0.15) is 0 Å². The number of hydrogen-bond donors (Lipinski definition) is 3. The summed E-state index contributed by atoms with van der Waals surface area (Å²) in [5, 5.41) is 8.39. The van der Waals surface area contributed by atoms with Gasteiger partial charge in [-0.3, -0.25) is 0 Å². The SMILES string of the molecule is c1ccc2c(CCCC3CNCCN3)c[nH]c2c1. The van der Waals surface area contributed by atoms with E-state index in [0.29, 0.717) is 6.04 Å². The second-order valence-electron chi connectivity index (χ2n) is 5.11. The summed E-state index contributed by atoms with van der Waals surface area (Å²) < 4.78 is 0. The van der Waals surface area contributed by atoms with Crippen molar-refractivity contribution in [3.63, 3.8) is 0 Å². The Balaban J connectivity index is 1.56. The predicted octanol–water partition coefficient (Wildman–Crippen LogP) is 2.05. The fraction of sp³-hybridized carbons (Fsp3) is 0.467. The third-order valence-corrected chi connectivity index (χ3v) is 3.80. The number of para-hydroxylation sites is 1. The Morgan fingerprint density at radius 1 is 1.17 bits per heavy atom. The van der Waals surface area contributed by atoms with Crippen molar-refractivity contribution in [3.8, 4) is 0 Å². The smallest absolute Gasteiger partial charge is 0.0456 e. The monoisotopic (exact) mass is 243 g/mol. The summed E-state index contributed by atoms with van der Waals surface area (Å²) in [6.45, 7) is 3.34. The van der Waals surface area contributed by atoms with Crippen LogP contribution in [0.3, 0.4) is 0 Å². The highest BCUT2D eigenvalue weighted by atomic mass is 15.0. The summed E-state index contributed by atoms with van der Waals surface area (Å²) in [5.74, 6) is 0. The van der Waals surface area contributed by atoms with Gasteiger partial charge in [-0.05, 0) is 30.9 Å². The fourth-order valence-corrected chi connectivity index (χ4v) is 2.79. The third kappa shape index (κ3) is 2.57. The fourth-order valence-electron chi connectivity index (χ4n) is 2.79. The van der Waals surface area contributed by atoms with E-state index in [1.807, 2.05) is 0 Å². The van der Waals surface area contributed by atoms with Crippen LogP contribution in [0, 0.1) is 0 Å². The molecule has 18 heavy (non-hydrogen) atoms. The minimum absolute atomic E-state index is 0.656. The lowest BCUT2D eigenvalue weighted by Gasteiger charge is -2.24. The lowest BCUT2D eigenvalue weighted by molar-refractivity contribution is 0.392. The highest BCUT2D eigenvalue weighted by Gasteiger charge is 2.11. The van der Waals surface area contributed by atoms with Gasteiger partial charge in [0.25, 0.3) is 0 Å². The number of rotatable bonds is 4. The molecule has 0 saturated carbocycles. The highest BCUT2D eigenvalue weighted by Crippen LogP contribution is 2.19. The number of aromatic nitrogens is 1. The van der Waals surface area contributed by atoms with Crippen LogP contribution < -0.4 is 10.6 Å². The Labute approximate surface area is 108 Å². The molecule has 0 bridgehead atoms. The molecule has 1 aliphatic heterocycles. The average molecular weight is 243 g/mol. The highest BCUT2D eigenvalue weighted by molar-refractivity contribution is 5.82. The van der Waals surface area contributed by atoms with E-state index in [9.17, 15) is 0 Å². The van der Waals surface area contributed by atoms with Gasteiger partial charge >= 0.3 is 0 Å². The number of aromatic amines is 1. The molecule has 0 amide bonds. The van der Waals surface area contributed by atoms with Crippen LogP contribution in [0.4, 0.5) is 0 Å². The van der Waals surface area contributed by atoms with Crippen LogP contribution >= 0.6 is 0 Å². The van der Waals surface area contributed by atoms with Crippen LogP contribution in [-0.2, 0) is 6.42 Å². The van der Waals surface area contributed by atoms with Gasteiger partial charge in [-0.2, -0.15) is 0 Å². The van der Waals surface area contributed by atoms with Crippen molar-refractivity contribution in [2.24, 2.45) is 0 Å². The lowest BCUT2D eigenvalue weighted by atomic mass is 10.0. The Morgan fingerprint density at radius 2 is 2.11 bits per heavy atom. The molecule has 3 N–H and O–H groups in total. The van der Waals surface area contributed by atoms with Gasteiger partial charge in [0.2, 0.25) is 0 Å². The molecule has 2 aromatic rings. The van der Waals surface area contributed by atoms with Gasteiger partial charge in [-0.25, -0.2) is 0 Å². The molecule has 0 spiro atoms. The molecule has 3 heteroatoms. The first-order valence-corrected chi connectivity index (χ1v) is 6.92. The van der Waals surface area contributed by atoms with Crippen molar-refractivity contribution in [1.82, 2.24) is 15.6 Å². The van der Waals surface area contributed by atoms with Crippen LogP contribution in [0.15, 0.2) is 30.5 Å². The first-order valence-electron chi connectivity index (χ1n) is 6.92. The van der Waals surface area contributed by atoms with Gasteiger partial charge < -0.3 is 15.6 Å². The maximum atomic E-state index is 3.57. The molecule has 0 radical (unpaired) electrons. The van der Waals surface area contributed by atoms with Gasteiger partial charge in [-0.1, -0.05) is 18.2 Å². The maximum Gasteiger partial charge on any atom is 0.0456 e. The van der Waals surface area contributed by atoms with Gasteiger partial charge in [-0.15, -0.1) is 0 Å². The van der Waals surface area contributed by atoms with Crippen molar-refractivity contribution in [1.29, 1.82) is 0 Å². The molecule has 2 heterocycles. The zero-order valence-electron chi connectivity index (χ0n) is 10.7. The molecule has 3 rings (SSSR count). The van der Waals surface area contributed by atoms with E-state index in [2.05, 4.69) is 46.1 Å². The molecule has 96 valence electrons. The second-order valence-corrected chi connectivity index (χ2v) is 5.11. The number of benzene rings is 1. The number of H-pyrrole nitrogens is 1. The lowest BCUT2D eigenvalue weighted by Crippen LogP contribution is -2.48. The number of fused-ring (bicyclic) bond motifs is 1. The molecule has 0 aliphatic carbocycles. The molecular weight excluding hydrogens is 222 g/mol. The molecule has 1 aromatic heterocycles. The van der Waals surface area contributed by atoms with Crippen LogP contribution in [0.25, 0.3) is 10.9 Å². The van der Waals surface area contributed by atoms with Crippen molar-refractivity contribution < 1.29 is 0 Å². The molecule has 1 fully saturated rings. The summed E-state index contributed by atoms with van der Waals surface area (Å²) >= 11 is 0. The van der Waals surface area contributed by atoms with Gasteiger partial charge in [0.05, 0.1) is 0 Å². The first kappa shape index (κ1) is 11.8. The van der Waals surface area contributed by atoms with Gasteiger partial charge in [0.15, 0.2) is 0 Å². The molecule has 1 unspecified atom stereocenters. The van der Waals surface area contributed by atoms with Crippen molar-refractivity contribution >= 4 is 10.9 Å². The topological polar surface area (TPSA) is 39.8 Å². The van der Waals surface area contributed by atoms with E-state index < -0.39 is 0 Å². The minimum atomic E-state index is 0.656. The number of hydrogen-bond acceptors (Lipinski definition) is 2. The zero-order chi connectivity index (χ0) is 12.2. The third-order valence-electron chi connectivity index (χ3n) is 3.80. The minimum Gasteiger partial charge on any atom is -0.361 e. The number of nitrogens with one attached hydrogen (secondary N) is 3. The average Bonchev–Trinajstić information content (AvgIpc) is 2.84. The molecule has 3 nitrogen and oxygen atoms in total. The quantitative estimate of drug-likeness (QED) is 0.769. The molecular formula is C15H21N3. The summed E-state index contributed by atoms with van der Waals surface area (Å²) in [4.78, 5) is 3.35. The predicted molar refractivity (Wildman–Crippen MR) is 75.9 cm³/mol. The van der Waals surface area contributed by atoms with Gasteiger partial charge in [0, 0.05) is 42.8 Å². The van der Waals surface area contributed by atoms with Crippen LogP contribution in [0.1, 0.15) is 18.4 Å². The molecule has 1 atom stereocenters. The van der Waals surface area contributed by atoms with E-state index in [1.54, 1.807) is 0 Å². The van der Waals surface area contributed by atoms with Crippen molar-refractivity contribution in [3.05, 3.63) is 36.0 Å². The van der Waals surface area contributed by atoms with E-state index >= 15 is 0 Å². The van der Waals surface area contributed by atoms with E-state index in [-0.39, 0.29) is 0 Å². The number of aryl methyl sites for hydroxylation is 1. The van der Waals surface area contributed by atoms with E-state index in [4.69, 9.17) is 0 Å².